The Bertz CT molecular complexity index is 424. The van der Waals surface area contributed by atoms with Crippen molar-refractivity contribution >= 4 is 6.03 Å². The molecule has 0 aliphatic carbocycles. The van der Waals surface area contributed by atoms with Gasteiger partial charge in [0.05, 0.1) is 12.1 Å². The van der Waals surface area contributed by atoms with E-state index in [2.05, 4.69) is 0 Å². The summed E-state index contributed by atoms with van der Waals surface area (Å²) in [6.07, 6.45) is 0. The lowest BCUT2D eigenvalue weighted by molar-refractivity contribution is 0.199. The van der Waals surface area contributed by atoms with Crippen molar-refractivity contribution < 1.29 is 4.79 Å². The van der Waals surface area contributed by atoms with Gasteiger partial charge in [0, 0.05) is 13.6 Å². The first-order chi connectivity index (χ1) is 7.74. The first-order valence-electron chi connectivity index (χ1n) is 5.17. The predicted octanol–water partition coefficient (Wildman–Crippen LogP) is 1.62. The molecule has 1 aromatic carbocycles. The molecule has 1 saturated heterocycles. The number of carbonyl (C=O) groups is 1. The van der Waals surface area contributed by atoms with E-state index in [1.165, 1.54) is 0 Å². The van der Waals surface area contributed by atoms with Crippen LogP contribution in [0, 0.1) is 11.3 Å². The number of rotatable bonds is 2. The number of hydrogen-bond acceptors (Lipinski definition) is 2. The molecule has 1 atom stereocenters. The molecule has 1 aromatic rings. The van der Waals surface area contributed by atoms with Crippen LogP contribution >= 0.6 is 0 Å². The minimum atomic E-state index is -0.0737. The number of amides is 2. The van der Waals surface area contributed by atoms with Crippen molar-refractivity contribution in [2.24, 2.45) is 0 Å². The first kappa shape index (κ1) is 10.5. The topological polar surface area (TPSA) is 47.3 Å². The Morgan fingerprint density at radius 2 is 2.12 bits per heavy atom. The SMILES string of the molecule is CN1C(=O)N(CC#N)CC1c1ccccc1. The van der Waals surface area contributed by atoms with Crippen LogP contribution in [0.15, 0.2) is 30.3 Å². The minimum Gasteiger partial charge on any atom is -0.319 e. The Labute approximate surface area is 94.7 Å². The van der Waals surface area contributed by atoms with Crippen LogP contribution in [0.1, 0.15) is 11.6 Å². The summed E-state index contributed by atoms with van der Waals surface area (Å²) in [6, 6.07) is 11.9. The van der Waals surface area contributed by atoms with Crippen molar-refractivity contribution in [1.82, 2.24) is 9.80 Å². The van der Waals surface area contributed by atoms with Crippen LogP contribution in [0.25, 0.3) is 0 Å². The van der Waals surface area contributed by atoms with E-state index in [4.69, 9.17) is 5.26 Å². The highest BCUT2D eigenvalue weighted by atomic mass is 16.2. The third-order valence-corrected chi connectivity index (χ3v) is 2.88. The van der Waals surface area contributed by atoms with Crippen molar-refractivity contribution in [1.29, 1.82) is 5.26 Å². The molecule has 2 amide bonds. The Hall–Kier alpha value is -2.02. The molecule has 16 heavy (non-hydrogen) atoms. The normalized spacial score (nSPS) is 20.0. The number of carbonyl (C=O) groups excluding carboxylic acids is 1. The van der Waals surface area contributed by atoms with Gasteiger partial charge in [-0.15, -0.1) is 0 Å². The summed E-state index contributed by atoms with van der Waals surface area (Å²) in [6.45, 7) is 0.749. The molecule has 82 valence electrons. The third-order valence-electron chi connectivity index (χ3n) is 2.88. The van der Waals surface area contributed by atoms with Gasteiger partial charge in [-0.1, -0.05) is 30.3 Å². The number of urea groups is 1. The molecule has 0 radical (unpaired) electrons. The second-order valence-corrected chi connectivity index (χ2v) is 3.86. The number of benzene rings is 1. The van der Waals surface area contributed by atoms with Gasteiger partial charge < -0.3 is 9.80 Å². The molecule has 4 nitrogen and oxygen atoms in total. The molecular formula is C12H13N3O. The summed E-state index contributed by atoms with van der Waals surface area (Å²) in [5.74, 6) is 0. The predicted molar refractivity (Wildman–Crippen MR) is 59.5 cm³/mol. The van der Waals surface area contributed by atoms with Crippen LogP contribution in [0.2, 0.25) is 0 Å². The lowest BCUT2D eigenvalue weighted by atomic mass is 10.1. The van der Waals surface area contributed by atoms with Gasteiger partial charge in [0.25, 0.3) is 0 Å². The van der Waals surface area contributed by atoms with Gasteiger partial charge in [0.15, 0.2) is 0 Å². The fraction of sp³-hybridized carbons (Fsp3) is 0.333. The largest absolute Gasteiger partial charge is 0.321 e. The molecule has 1 unspecified atom stereocenters. The van der Waals surface area contributed by atoms with Crippen molar-refractivity contribution in [2.75, 3.05) is 20.1 Å². The molecule has 0 N–H and O–H groups in total. The second-order valence-electron chi connectivity index (χ2n) is 3.86. The van der Waals surface area contributed by atoms with Crippen LogP contribution in [0.4, 0.5) is 4.79 Å². The lowest BCUT2D eigenvalue weighted by Crippen LogP contribution is -2.29. The zero-order chi connectivity index (χ0) is 11.5. The van der Waals surface area contributed by atoms with E-state index in [0.29, 0.717) is 6.54 Å². The second kappa shape index (κ2) is 4.23. The average molecular weight is 215 g/mol. The smallest absolute Gasteiger partial charge is 0.319 e. The van der Waals surface area contributed by atoms with E-state index in [1.807, 2.05) is 36.4 Å². The van der Waals surface area contributed by atoms with Crippen LogP contribution in [-0.4, -0.2) is 36.0 Å². The quantitative estimate of drug-likeness (QED) is 0.704. The van der Waals surface area contributed by atoms with Crippen molar-refractivity contribution in [3.05, 3.63) is 35.9 Å². The highest BCUT2D eigenvalue weighted by Crippen LogP contribution is 2.27. The first-order valence-corrected chi connectivity index (χ1v) is 5.17. The molecule has 1 aliphatic rings. The van der Waals surface area contributed by atoms with E-state index < -0.39 is 0 Å². The van der Waals surface area contributed by atoms with Gasteiger partial charge in [-0.3, -0.25) is 0 Å². The summed E-state index contributed by atoms with van der Waals surface area (Å²) < 4.78 is 0. The molecule has 0 spiro atoms. The average Bonchev–Trinajstić information content (AvgIpc) is 2.59. The maximum atomic E-state index is 11.8. The molecule has 0 aromatic heterocycles. The van der Waals surface area contributed by atoms with Crippen LogP contribution < -0.4 is 0 Å². The highest BCUT2D eigenvalue weighted by molar-refractivity contribution is 5.77. The monoisotopic (exact) mass is 215 g/mol. The maximum absolute atomic E-state index is 11.8. The van der Waals surface area contributed by atoms with Crippen molar-refractivity contribution in [3.63, 3.8) is 0 Å². The van der Waals surface area contributed by atoms with E-state index in [-0.39, 0.29) is 18.6 Å². The molecule has 2 rings (SSSR count). The van der Waals surface area contributed by atoms with E-state index in [9.17, 15) is 4.79 Å². The number of nitrogens with zero attached hydrogens (tertiary/aromatic N) is 3. The summed E-state index contributed by atoms with van der Waals surface area (Å²) in [5, 5.41) is 8.63. The zero-order valence-electron chi connectivity index (χ0n) is 9.13. The summed E-state index contributed by atoms with van der Waals surface area (Å²) in [7, 11) is 1.78. The zero-order valence-corrected chi connectivity index (χ0v) is 9.13. The van der Waals surface area contributed by atoms with Gasteiger partial charge in [-0.2, -0.15) is 5.26 Å². The van der Waals surface area contributed by atoms with E-state index in [0.717, 1.165) is 5.56 Å². The van der Waals surface area contributed by atoms with Crippen LogP contribution in [0.3, 0.4) is 0 Å². The lowest BCUT2D eigenvalue weighted by Gasteiger charge is -2.17. The molecule has 0 bridgehead atoms. The number of hydrogen-bond donors (Lipinski definition) is 0. The Kier molecular flexibility index (Phi) is 2.78. The van der Waals surface area contributed by atoms with Gasteiger partial charge in [-0.25, -0.2) is 4.79 Å². The summed E-state index contributed by atoms with van der Waals surface area (Å²) >= 11 is 0. The summed E-state index contributed by atoms with van der Waals surface area (Å²) in [5.41, 5.74) is 1.11. The summed E-state index contributed by atoms with van der Waals surface area (Å²) in [4.78, 5) is 15.0. The molecular weight excluding hydrogens is 202 g/mol. The Balaban J connectivity index is 2.20. The van der Waals surface area contributed by atoms with Crippen LogP contribution in [0.5, 0.6) is 0 Å². The molecule has 4 heteroatoms. The fourth-order valence-electron chi connectivity index (χ4n) is 1.99. The van der Waals surface area contributed by atoms with Crippen molar-refractivity contribution in [3.8, 4) is 6.07 Å². The van der Waals surface area contributed by atoms with Gasteiger partial charge in [-0.05, 0) is 5.56 Å². The fourth-order valence-corrected chi connectivity index (χ4v) is 1.99. The molecule has 1 fully saturated rings. The highest BCUT2D eigenvalue weighted by Gasteiger charge is 2.34. The third kappa shape index (κ3) is 1.72. The van der Waals surface area contributed by atoms with E-state index in [1.54, 1.807) is 16.8 Å². The minimum absolute atomic E-state index is 0.0575. The molecule has 0 saturated carbocycles. The van der Waals surface area contributed by atoms with Crippen LogP contribution in [-0.2, 0) is 0 Å². The maximum Gasteiger partial charge on any atom is 0.321 e. The van der Waals surface area contributed by atoms with E-state index >= 15 is 0 Å². The van der Waals surface area contributed by atoms with Gasteiger partial charge >= 0.3 is 6.03 Å². The van der Waals surface area contributed by atoms with Crippen molar-refractivity contribution in [2.45, 2.75) is 6.04 Å². The Morgan fingerprint density at radius 1 is 1.44 bits per heavy atom. The number of likely N-dealkylation sites (N-methyl/N-ethyl adjacent to an activating group) is 1. The standard InChI is InChI=1S/C12H13N3O/c1-14-11(10-5-3-2-4-6-10)9-15(8-7-13)12(14)16/h2-6,11H,8-9H2,1H3. The Morgan fingerprint density at radius 3 is 2.75 bits per heavy atom. The molecule has 1 aliphatic heterocycles. The van der Waals surface area contributed by atoms with Gasteiger partial charge in [0.1, 0.15) is 6.54 Å². The van der Waals surface area contributed by atoms with Gasteiger partial charge in [0.2, 0.25) is 0 Å². The number of nitriles is 1. The molecule has 1 heterocycles.